The minimum absolute atomic E-state index is 0.0554. The number of amides is 1. The number of aromatic nitrogens is 3. The number of rotatable bonds is 7. The van der Waals surface area contributed by atoms with Crippen LogP contribution in [0.25, 0.3) is 11.3 Å². The van der Waals surface area contributed by atoms with Gasteiger partial charge in [-0.2, -0.15) is 13.2 Å². The summed E-state index contributed by atoms with van der Waals surface area (Å²) in [6.07, 6.45) is -2.92. The highest BCUT2D eigenvalue weighted by Crippen LogP contribution is 2.37. The quantitative estimate of drug-likeness (QED) is 0.418. The van der Waals surface area contributed by atoms with Crippen LogP contribution >= 0.6 is 11.8 Å². The summed E-state index contributed by atoms with van der Waals surface area (Å²) in [5, 5.41) is 2.66. The number of benzene rings is 1. The molecule has 11 heteroatoms. The van der Waals surface area contributed by atoms with Crippen molar-refractivity contribution >= 4 is 17.7 Å². The normalized spacial score (nSPS) is 12.6. The van der Waals surface area contributed by atoms with Crippen molar-refractivity contribution in [3.63, 3.8) is 0 Å². The largest absolute Gasteiger partial charge is 0.454 e. The Morgan fingerprint density at radius 2 is 1.94 bits per heavy atom. The molecule has 0 fully saturated rings. The molecule has 0 radical (unpaired) electrons. The van der Waals surface area contributed by atoms with Gasteiger partial charge in [0.25, 0.3) is 0 Å². The van der Waals surface area contributed by atoms with Crippen molar-refractivity contribution in [3.05, 3.63) is 60.0 Å². The molecule has 3 aromatic rings. The number of hydrogen-bond acceptors (Lipinski definition) is 7. The van der Waals surface area contributed by atoms with Crippen molar-refractivity contribution < 1.29 is 27.4 Å². The lowest BCUT2D eigenvalue weighted by Crippen LogP contribution is -2.23. The second-order valence-electron chi connectivity index (χ2n) is 6.68. The lowest BCUT2D eigenvalue weighted by atomic mass is 10.1. The Hall–Kier alpha value is -3.34. The highest BCUT2D eigenvalue weighted by Gasteiger charge is 2.34. The van der Waals surface area contributed by atoms with E-state index in [0.717, 1.165) is 17.8 Å². The van der Waals surface area contributed by atoms with E-state index in [1.165, 1.54) is 0 Å². The summed E-state index contributed by atoms with van der Waals surface area (Å²) in [5.41, 5.74) is 0.204. The molecule has 0 atom stereocenters. The van der Waals surface area contributed by atoms with E-state index in [2.05, 4.69) is 20.3 Å². The number of nitrogens with zero attached hydrogens (tertiary/aromatic N) is 3. The second kappa shape index (κ2) is 9.43. The zero-order chi connectivity index (χ0) is 22.6. The predicted octanol–water partition coefficient (Wildman–Crippen LogP) is 4.08. The molecular formula is C21H17F3N4O3S. The molecule has 166 valence electrons. The Morgan fingerprint density at radius 1 is 1.09 bits per heavy atom. The van der Waals surface area contributed by atoms with E-state index >= 15 is 0 Å². The van der Waals surface area contributed by atoms with Crippen LogP contribution in [-0.2, 0) is 17.5 Å². The van der Waals surface area contributed by atoms with Crippen LogP contribution in [0.4, 0.5) is 13.2 Å². The van der Waals surface area contributed by atoms with Crippen molar-refractivity contribution in [2.45, 2.75) is 24.3 Å². The van der Waals surface area contributed by atoms with Gasteiger partial charge in [0.15, 0.2) is 16.7 Å². The van der Waals surface area contributed by atoms with Crippen molar-refractivity contribution in [1.29, 1.82) is 0 Å². The number of hydrogen-bond donors (Lipinski definition) is 1. The Morgan fingerprint density at radius 3 is 2.72 bits per heavy atom. The lowest BCUT2D eigenvalue weighted by molar-refractivity contribution is -0.141. The van der Waals surface area contributed by atoms with Crippen molar-refractivity contribution in [1.82, 2.24) is 20.3 Å². The van der Waals surface area contributed by atoms with Crippen LogP contribution < -0.4 is 14.8 Å². The van der Waals surface area contributed by atoms with Gasteiger partial charge in [0, 0.05) is 23.9 Å². The number of thioether (sulfide) groups is 1. The molecule has 0 unspecified atom stereocenters. The summed E-state index contributed by atoms with van der Waals surface area (Å²) in [4.78, 5) is 24.0. The topological polar surface area (TPSA) is 86.2 Å². The Kier molecular flexibility index (Phi) is 6.45. The van der Waals surface area contributed by atoms with Crippen LogP contribution in [0, 0.1) is 0 Å². The molecule has 0 saturated carbocycles. The molecule has 32 heavy (non-hydrogen) atoms. The van der Waals surface area contributed by atoms with E-state index in [-0.39, 0.29) is 42.3 Å². The average molecular weight is 462 g/mol. The maximum atomic E-state index is 13.4. The van der Waals surface area contributed by atoms with Gasteiger partial charge in [-0.25, -0.2) is 9.97 Å². The Bertz CT molecular complexity index is 1110. The van der Waals surface area contributed by atoms with Gasteiger partial charge in [-0.3, -0.25) is 9.78 Å². The standard InChI is InChI=1S/C21H17F3N4O3S/c22-21(23,24)18-10-15(13-4-5-16-17(9-13)31-12-30-16)27-20(28-18)32-8-6-19(29)26-11-14-3-1-2-7-25-14/h1-5,7,9-10H,6,8,11-12H2,(H,26,29). The molecule has 4 rings (SSSR count). The summed E-state index contributed by atoms with van der Waals surface area (Å²) in [6.45, 7) is 0.332. The summed E-state index contributed by atoms with van der Waals surface area (Å²) >= 11 is 0.980. The van der Waals surface area contributed by atoms with Crippen LogP contribution in [0.15, 0.2) is 53.8 Å². The smallest absolute Gasteiger partial charge is 0.433 e. The number of ether oxygens (including phenoxy) is 2. The minimum atomic E-state index is -4.64. The van der Waals surface area contributed by atoms with Gasteiger partial charge in [0.1, 0.15) is 5.69 Å². The first-order valence-corrected chi connectivity index (χ1v) is 10.5. The molecule has 1 aliphatic rings. The van der Waals surface area contributed by atoms with Gasteiger partial charge in [-0.05, 0) is 36.4 Å². The molecule has 1 N–H and O–H groups in total. The number of fused-ring (bicyclic) bond motifs is 1. The molecule has 0 bridgehead atoms. The highest BCUT2D eigenvalue weighted by molar-refractivity contribution is 7.99. The number of carbonyl (C=O) groups is 1. The number of pyridine rings is 1. The Labute approximate surface area is 185 Å². The average Bonchev–Trinajstić information content (AvgIpc) is 3.25. The third-order valence-corrected chi connectivity index (χ3v) is 5.27. The fraction of sp³-hybridized carbons (Fsp3) is 0.238. The fourth-order valence-corrected chi connectivity index (χ4v) is 3.65. The number of alkyl halides is 3. The summed E-state index contributed by atoms with van der Waals surface area (Å²) in [6, 6.07) is 11.1. The lowest BCUT2D eigenvalue weighted by Gasteiger charge is -2.11. The minimum Gasteiger partial charge on any atom is -0.454 e. The van der Waals surface area contributed by atoms with Crippen LogP contribution in [0.2, 0.25) is 0 Å². The third-order valence-electron chi connectivity index (χ3n) is 4.42. The predicted molar refractivity (Wildman–Crippen MR) is 110 cm³/mol. The number of carbonyl (C=O) groups excluding carboxylic acids is 1. The van der Waals surface area contributed by atoms with Gasteiger partial charge in [0.2, 0.25) is 12.7 Å². The van der Waals surface area contributed by atoms with Crippen molar-refractivity contribution in [2.24, 2.45) is 0 Å². The molecule has 1 aromatic carbocycles. The molecule has 2 aromatic heterocycles. The third kappa shape index (κ3) is 5.47. The molecule has 0 spiro atoms. The molecule has 1 aliphatic heterocycles. The van der Waals surface area contributed by atoms with E-state index in [4.69, 9.17) is 9.47 Å². The summed E-state index contributed by atoms with van der Waals surface area (Å²) in [7, 11) is 0. The number of nitrogens with one attached hydrogen (secondary N) is 1. The monoisotopic (exact) mass is 462 g/mol. The first-order valence-electron chi connectivity index (χ1n) is 9.54. The van der Waals surface area contributed by atoms with Crippen LogP contribution in [0.3, 0.4) is 0 Å². The maximum absolute atomic E-state index is 13.4. The van der Waals surface area contributed by atoms with E-state index in [9.17, 15) is 18.0 Å². The second-order valence-corrected chi connectivity index (χ2v) is 7.75. The van der Waals surface area contributed by atoms with Gasteiger partial charge >= 0.3 is 6.18 Å². The van der Waals surface area contributed by atoms with Gasteiger partial charge in [-0.1, -0.05) is 17.8 Å². The van der Waals surface area contributed by atoms with Gasteiger partial charge in [-0.15, -0.1) is 0 Å². The van der Waals surface area contributed by atoms with E-state index in [1.54, 1.807) is 36.5 Å². The van der Waals surface area contributed by atoms with E-state index < -0.39 is 11.9 Å². The molecule has 0 aliphatic carbocycles. The van der Waals surface area contributed by atoms with Crippen LogP contribution in [-0.4, -0.2) is 33.4 Å². The first kappa shape index (κ1) is 21.9. The van der Waals surface area contributed by atoms with Crippen molar-refractivity contribution in [3.8, 4) is 22.8 Å². The van der Waals surface area contributed by atoms with E-state index in [1.807, 2.05) is 6.07 Å². The van der Waals surface area contributed by atoms with Crippen LogP contribution in [0.1, 0.15) is 17.8 Å². The molecule has 7 nitrogen and oxygen atoms in total. The van der Waals surface area contributed by atoms with Gasteiger partial charge < -0.3 is 14.8 Å². The van der Waals surface area contributed by atoms with Gasteiger partial charge in [0.05, 0.1) is 17.9 Å². The highest BCUT2D eigenvalue weighted by atomic mass is 32.2. The van der Waals surface area contributed by atoms with Crippen LogP contribution in [0.5, 0.6) is 11.5 Å². The van der Waals surface area contributed by atoms with E-state index in [0.29, 0.717) is 22.8 Å². The SMILES string of the molecule is O=C(CCSc1nc(-c2ccc3c(c2)OCO3)cc(C(F)(F)F)n1)NCc1ccccn1. The first-order chi connectivity index (χ1) is 15.4. The summed E-state index contributed by atoms with van der Waals surface area (Å²) < 4.78 is 50.7. The maximum Gasteiger partial charge on any atom is 0.433 e. The van der Waals surface area contributed by atoms with Crippen molar-refractivity contribution in [2.75, 3.05) is 12.5 Å². The Balaban J connectivity index is 1.43. The molecule has 1 amide bonds. The molecule has 3 heterocycles. The molecular weight excluding hydrogens is 445 g/mol. The zero-order valence-electron chi connectivity index (χ0n) is 16.6. The number of halogens is 3. The molecule has 0 saturated heterocycles. The fourth-order valence-electron chi connectivity index (χ4n) is 2.85. The zero-order valence-corrected chi connectivity index (χ0v) is 17.4. The summed E-state index contributed by atoms with van der Waals surface area (Å²) in [5.74, 6) is 0.931.